The largest absolute Gasteiger partial charge is 0.497 e. The molecule has 1 aromatic carbocycles. The van der Waals surface area contributed by atoms with Gasteiger partial charge in [0.1, 0.15) is 5.75 Å². The van der Waals surface area contributed by atoms with Crippen molar-refractivity contribution in [1.82, 2.24) is 5.32 Å². The minimum absolute atomic E-state index is 0.0484. The van der Waals surface area contributed by atoms with Crippen LogP contribution in [0.2, 0.25) is 0 Å². The number of benzene rings is 1. The predicted molar refractivity (Wildman–Crippen MR) is 80.1 cm³/mol. The molecule has 2 aliphatic carbocycles. The molecule has 0 aromatic heterocycles. The van der Waals surface area contributed by atoms with E-state index in [1.165, 1.54) is 24.8 Å². The summed E-state index contributed by atoms with van der Waals surface area (Å²) >= 11 is 0. The van der Waals surface area contributed by atoms with Crippen LogP contribution >= 0.6 is 0 Å². The molecule has 0 bridgehead atoms. The fraction of sp³-hybridized carbons (Fsp3) is 0.647. The molecule has 2 fully saturated rings. The van der Waals surface area contributed by atoms with Crippen LogP contribution in [0.25, 0.3) is 0 Å². The highest BCUT2D eigenvalue weighted by Crippen LogP contribution is 2.38. The molecule has 0 amide bonds. The Labute approximate surface area is 121 Å². The van der Waals surface area contributed by atoms with Gasteiger partial charge in [0.15, 0.2) is 0 Å². The average Bonchev–Trinajstić information content (AvgIpc) is 2.83. The first-order chi connectivity index (χ1) is 9.74. The van der Waals surface area contributed by atoms with Crippen LogP contribution in [0.5, 0.6) is 5.75 Å². The van der Waals surface area contributed by atoms with E-state index in [2.05, 4.69) is 23.5 Å². The van der Waals surface area contributed by atoms with Crippen LogP contribution < -0.4 is 10.1 Å². The highest BCUT2D eigenvalue weighted by molar-refractivity contribution is 5.32. The normalized spacial score (nSPS) is 32.9. The van der Waals surface area contributed by atoms with Crippen LogP contribution in [0.1, 0.15) is 43.6 Å². The molecule has 3 nitrogen and oxygen atoms in total. The monoisotopic (exact) mass is 275 g/mol. The molecule has 3 heteroatoms. The Bertz CT molecular complexity index is 442. The lowest BCUT2D eigenvalue weighted by Crippen LogP contribution is -2.42. The lowest BCUT2D eigenvalue weighted by Gasteiger charge is -2.37. The number of aliphatic hydroxyl groups excluding tert-OH is 1. The van der Waals surface area contributed by atoms with E-state index in [4.69, 9.17) is 4.74 Å². The van der Waals surface area contributed by atoms with Crippen LogP contribution in [0.4, 0.5) is 0 Å². The molecular weight excluding hydrogens is 250 g/mol. The van der Waals surface area contributed by atoms with Crippen molar-refractivity contribution < 1.29 is 9.84 Å². The number of aliphatic hydroxyl groups is 1. The lowest BCUT2D eigenvalue weighted by molar-refractivity contribution is 0.176. The summed E-state index contributed by atoms with van der Waals surface area (Å²) < 4.78 is 5.29. The molecule has 2 unspecified atom stereocenters. The van der Waals surface area contributed by atoms with Gasteiger partial charge >= 0.3 is 0 Å². The number of hydrogen-bond acceptors (Lipinski definition) is 3. The van der Waals surface area contributed by atoms with Crippen LogP contribution in [-0.2, 0) is 0 Å². The van der Waals surface area contributed by atoms with E-state index >= 15 is 0 Å². The molecular formula is C17H25NO2. The van der Waals surface area contributed by atoms with E-state index in [-0.39, 0.29) is 6.10 Å². The van der Waals surface area contributed by atoms with Crippen molar-refractivity contribution >= 4 is 0 Å². The second-order valence-electron chi connectivity index (χ2n) is 6.38. The summed E-state index contributed by atoms with van der Waals surface area (Å²) in [5.41, 5.74) is 1.40. The highest BCUT2D eigenvalue weighted by Gasteiger charge is 2.31. The third kappa shape index (κ3) is 3.15. The topological polar surface area (TPSA) is 41.5 Å². The molecule has 2 atom stereocenters. The lowest BCUT2D eigenvalue weighted by atomic mass is 9.75. The molecule has 0 spiro atoms. The summed E-state index contributed by atoms with van der Waals surface area (Å²) in [5.74, 6) is 2.32. The summed E-state index contributed by atoms with van der Waals surface area (Å²) in [4.78, 5) is 0. The minimum Gasteiger partial charge on any atom is -0.497 e. The third-order valence-corrected chi connectivity index (χ3v) is 4.91. The first-order valence-corrected chi connectivity index (χ1v) is 7.80. The fourth-order valence-electron chi connectivity index (χ4n) is 3.52. The van der Waals surface area contributed by atoms with Gasteiger partial charge in [0.05, 0.1) is 13.2 Å². The Morgan fingerprint density at radius 3 is 2.80 bits per heavy atom. The van der Waals surface area contributed by atoms with E-state index in [9.17, 15) is 5.11 Å². The zero-order valence-electron chi connectivity index (χ0n) is 12.2. The maximum Gasteiger partial charge on any atom is 0.119 e. The van der Waals surface area contributed by atoms with Gasteiger partial charge in [-0.15, -0.1) is 0 Å². The molecule has 2 N–H and O–H groups in total. The maximum absolute atomic E-state index is 9.54. The summed E-state index contributed by atoms with van der Waals surface area (Å²) in [6, 6.07) is 9.10. The van der Waals surface area contributed by atoms with Crippen molar-refractivity contribution in [1.29, 1.82) is 0 Å². The first-order valence-electron chi connectivity index (χ1n) is 7.80. The van der Waals surface area contributed by atoms with Gasteiger partial charge in [0, 0.05) is 6.04 Å². The van der Waals surface area contributed by atoms with Gasteiger partial charge < -0.3 is 15.2 Å². The van der Waals surface area contributed by atoms with E-state index in [0.29, 0.717) is 17.9 Å². The first kappa shape index (κ1) is 13.9. The molecule has 20 heavy (non-hydrogen) atoms. The van der Waals surface area contributed by atoms with Crippen molar-refractivity contribution in [3.05, 3.63) is 29.8 Å². The number of nitrogens with one attached hydrogen (secondary N) is 1. The zero-order valence-corrected chi connectivity index (χ0v) is 12.2. The van der Waals surface area contributed by atoms with Crippen molar-refractivity contribution in [2.75, 3.05) is 13.7 Å². The fourth-order valence-corrected chi connectivity index (χ4v) is 3.52. The van der Waals surface area contributed by atoms with E-state index in [1.807, 2.05) is 6.07 Å². The number of methoxy groups -OCH3 is 1. The third-order valence-electron chi connectivity index (χ3n) is 4.91. The summed E-state index contributed by atoms with van der Waals surface area (Å²) in [6.45, 7) is 1.08. The number of ether oxygens (including phenoxy) is 1. The van der Waals surface area contributed by atoms with Crippen LogP contribution in [-0.4, -0.2) is 30.9 Å². The summed E-state index contributed by atoms with van der Waals surface area (Å²) in [6.07, 6.45) is 5.56. The molecule has 2 aliphatic rings. The van der Waals surface area contributed by atoms with Crippen molar-refractivity contribution in [2.45, 2.75) is 50.2 Å². The van der Waals surface area contributed by atoms with Gasteiger partial charge in [-0.25, -0.2) is 0 Å². The molecule has 0 saturated heterocycles. The van der Waals surface area contributed by atoms with E-state index < -0.39 is 0 Å². The second kappa shape index (κ2) is 6.15. The Kier molecular flexibility index (Phi) is 4.27. The quantitative estimate of drug-likeness (QED) is 0.868. The van der Waals surface area contributed by atoms with Gasteiger partial charge in [-0.1, -0.05) is 12.1 Å². The van der Waals surface area contributed by atoms with Gasteiger partial charge in [-0.2, -0.15) is 0 Å². The van der Waals surface area contributed by atoms with Crippen molar-refractivity contribution in [3.8, 4) is 5.75 Å². The van der Waals surface area contributed by atoms with E-state index in [0.717, 1.165) is 25.1 Å². The number of hydrogen-bond donors (Lipinski definition) is 2. The van der Waals surface area contributed by atoms with Gasteiger partial charge in [0.25, 0.3) is 0 Å². The average molecular weight is 275 g/mol. The smallest absolute Gasteiger partial charge is 0.119 e. The summed E-state index contributed by atoms with van der Waals surface area (Å²) in [7, 11) is 1.72. The maximum atomic E-state index is 9.54. The molecule has 3 rings (SSSR count). The molecule has 0 heterocycles. The van der Waals surface area contributed by atoms with Crippen molar-refractivity contribution in [3.63, 3.8) is 0 Å². The zero-order chi connectivity index (χ0) is 13.9. The van der Waals surface area contributed by atoms with E-state index in [1.54, 1.807) is 7.11 Å². The van der Waals surface area contributed by atoms with Crippen LogP contribution in [0, 0.1) is 5.92 Å². The number of rotatable bonds is 5. The molecule has 1 aromatic rings. The van der Waals surface area contributed by atoms with Gasteiger partial charge in [-0.05, 0) is 68.2 Å². The van der Waals surface area contributed by atoms with Crippen molar-refractivity contribution in [2.24, 2.45) is 5.92 Å². The standard InChI is InChI=1S/C17H25NO2/c1-20-17-4-2-3-13(10-17)14-8-15(9-14)18-11-12-5-6-16(19)7-12/h2-4,10,12,14-16,18-19H,5-9,11H2,1H3. The summed E-state index contributed by atoms with van der Waals surface area (Å²) in [5, 5.41) is 13.2. The van der Waals surface area contributed by atoms with Crippen LogP contribution in [0.3, 0.4) is 0 Å². The predicted octanol–water partition coefficient (Wildman–Crippen LogP) is 2.69. The van der Waals surface area contributed by atoms with Crippen LogP contribution in [0.15, 0.2) is 24.3 Å². The van der Waals surface area contributed by atoms with Gasteiger partial charge in [0.2, 0.25) is 0 Å². The second-order valence-corrected chi connectivity index (χ2v) is 6.38. The van der Waals surface area contributed by atoms with Gasteiger partial charge in [-0.3, -0.25) is 0 Å². The molecule has 0 aliphatic heterocycles. The Hall–Kier alpha value is -1.06. The molecule has 110 valence electrons. The molecule has 0 radical (unpaired) electrons. The Morgan fingerprint density at radius 1 is 1.25 bits per heavy atom. The minimum atomic E-state index is -0.0484. The Morgan fingerprint density at radius 2 is 2.10 bits per heavy atom. The Balaban J connectivity index is 1.42. The molecule has 2 saturated carbocycles. The SMILES string of the molecule is COc1cccc(C2CC(NCC3CCC(O)C3)C2)c1. The highest BCUT2D eigenvalue weighted by atomic mass is 16.5.